The van der Waals surface area contributed by atoms with Crippen LogP contribution in [0.1, 0.15) is 13.8 Å². The maximum Gasteiger partial charge on any atom is 0.413 e. The van der Waals surface area contributed by atoms with Gasteiger partial charge in [-0.25, -0.2) is 0 Å². The highest BCUT2D eigenvalue weighted by Crippen LogP contribution is 2.35. The van der Waals surface area contributed by atoms with E-state index < -0.39 is 11.7 Å². The summed E-state index contributed by atoms with van der Waals surface area (Å²) >= 11 is 1.14. The molecule has 0 aromatic heterocycles. The SMILES string of the molecule is C/C(Sc1ccccc1)=C(/C)C(F)(F)F. The third-order valence-electron chi connectivity index (χ3n) is 1.97. The molecule has 1 rings (SSSR count). The second kappa shape index (κ2) is 4.75. The van der Waals surface area contributed by atoms with Gasteiger partial charge >= 0.3 is 6.18 Å². The first-order chi connectivity index (χ1) is 6.91. The van der Waals surface area contributed by atoms with E-state index in [-0.39, 0.29) is 4.91 Å². The summed E-state index contributed by atoms with van der Waals surface area (Å²) in [6.07, 6.45) is -4.23. The molecule has 82 valence electrons. The van der Waals surface area contributed by atoms with Gasteiger partial charge in [0, 0.05) is 10.5 Å². The highest BCUT2D eigenvalue weighted by Gasteiger charge is 2.31. The molecule has 0 aliphatic carbocycles. The van der Waals surface area contributed by atoms with Gasteiger partial charge in [-0.1, -0.05) is 30.0 Å². The minimum Gasteiger partial charge on any atom is -0.166 e. The number of rotatable bonds is 2. The van der Waals surface area contributed by atoms with Gasteiger partial charge in [-0.05, 0) is 30.9 Å². The summed E-state index contributed by atoms with van der Waals surface area (Å²) in [5, 5.41) is 0. The summed E-state index contributed by atoms with van der Waals surface area (Å²) in [6, 6.07) is 9.02. The molecular formula is C11H11F3S. The number of thioether (sulfide) groups is 1. The minimum atomic E-state index is -4.23. The van der Waals surface area contributed by atoms with E-state index in [9.17, 15) is 13.2 Å². The van der Waals surface area contributed by atoms with Crippen molar-refractivity contribution in [3.63, 3.8) is 0 Å². The maximum atomic E-state index is 12.3. The fourth-order valence-electron chi connectivity index (χ4n) is 0.941. The Kier molecular flexibility index (Phi) is 3.85. The fraction of sp³-hybridized carbons (Fsp3) is 0.273. The van der Waals surface area contributed by atoms with Crippen molar-refractivity contribution in [2.45, 2.75) is 24.9 Å². The molecule has 0 radical (unpaired) electrons. The molecule has 0 aliphatic rings. The van der Waals surface area contributed by atoms with Gasteiger partial charge in [0.2, 0.25) is 0 Å². The van der Waals surface area contributed by atoms with E-state index >= 15 is 0 Å². The van der Waals surface area contributed by atoms with Crippen molar-refractivity contribution >= 4 is 11.8 Å². The van der Waals surface area contributed by atoms with E-state index in [0.29, 0.717) is 0 Å². The largest absolute Gasteiger partial charge is 0.413 e. The van der Waals surface area contributed by atoms with Gasteiger partial charge in [-0.2, -0.15) is 13.2 Å². The third kappa shape index (κ3) is 3.63. The third-order valence-corrected chi connectivity index (χ3v) is 3.09. The Morgan fingerprint density at radius 2 is 1.60 bits per heavy atom. The number of hydrogen-bond acceptors (Lipinski definition) is 1. The van der Waals surface area contributed by atoms with E-state index in [4.69, 9.17) is 0 Å². The van der Waals surface area contributed by atoms with Crippen LogP contribution in [0.25, 0.3) is 0 Å². The Morgan fingerprint density at radius 3 is 2.07 bits per heavy atom. The summed E-state index contributed by atoms with van der Waals surface area (Å²) in [4.78, 5) is 1.10. The lowest BCUT2D eigenvalue weighted by Gasteiger charge is -2.10. The number of hydrogen-bond donors (Lipinski definition) is 0. The van der Waals surface area contributed by atoms with Crippen molar-refractivity contribution in [3.05, 3.63) is 40.8 Å². The first-order valence-corrected chi connectivity index (χ1v) is 5.20. The molecule has 1 aromatic carbocycles. The van der Waals surface area contributed by atoms with Crippen molar-refractivity contribution in [3.8, 4) is 0 Å². The molecule has 0 amide bonds. The first-order valence-electron chi connectivity index (χ1n) is 4.39. The zero-order valence-electron chi connectivity index (χ0n) is 8.43. The van der Waals surface area contributed by atoms with Crippen LogP contribution in [0.5, 0.6) is 0 Å². The maximum absolute atomic E-state index is 12.3. The standard InChI is InChI=1S/C11H11F3S/c1-8(11(12,13)14)9(2)15-10-6-4-3-5-7-10/h3-7H,1-2H3/b9-8+. The van der Waals surface area contributed by atoms with Crippen LogP contribution in [0.3, 0.4) is 0 Å². The molecule has 0 N–H and O–H groups in total. The molecule has 0 saturated carbocycles. The second-order valence-electron chi connectivity index (χ2n) is 3.09. The molecule has 0 saturated heterocycles. The average molecular weight is 232 g/mol. The quantitative estimate of drug-likeness (QED) is 0.669. The Hall–Kier alpha value is -0.900. The Morgan fingerprint density at radius 1 is 1.07 bits per heavy atom. The Labute approximate surface area is 91.2 Å². The van der Waals surface area contributed by atoms with Crippen molar-refractivity contribution in [2.24, 2.45) is 0 Å². The highest BCUT2D eigenvalue weighted by molar-refractivity contribution is 8.03. The summed E-state index contributed by atoms with van der Waals surface area (Å²) in [5.74, 6) is 0. The van der Waals surface area contributed by atoms with Crippen LogP contribution in [-0.4, -0.2) is 6.18 Å². The monoisotopic (exact) mass is 232 g/mol. The van der Waals surface area contributed by atoms with Crippen LogP contribution in [0.4, 0.5) is 13.2 Å². The van der Waals surface area contributed by atoms with Crippen LogP contribution >= 0.6 is 11.8 Å². The van der Waals surface area contributed by atoms with E-state index in [0.717, 1.165) is 23.6 Å². The van der Waals surface area contributed by atoms with Gasteiger partial charge in [0.05, 0.1) is 0 Å². The molecular weight excluding hydrogens is 221 g/mol. The average Bonchev–Trinajstić information content (AvgIpc) is 2.16. The van der Waals surface area contributed by atoms with Gasteiger partial charge in [0.1, 0.15) is 0 Å². The first kappa shape index (κ1) is 12.2. The Bertz CT molecular complexity index is 352. The second-order valence-corrected chi connectivity index (χ2v) is 4.38. The normalized spacial score (nSPS) is 13.7. The molecule has 0 fully saturated rings. The van der Waals surface area contributed by atoms with Gasteiger partial charge in [0.25, 0.3) is 0 Å². The number of allylic oxidation sites excluding steroid dienone is 2. The molecule has 0 bridgehead atoms. The molecule has 0 heterocycles. The molecule has 0 atom stereocenters. The van der Waals surface area contributed by atoms with Crippen LogP contribution < -0.4 is 0 Å². The summed E-state index contributed by atoms with van der Waals surface area (Å²) in [5.41, 5.74) is -0.531. The van der Waals surface area contributed by atoms with Crippen molar-refractivity contribution in [1.29, 1.82) is 0 Å². The molecule has 0 unspecified atom stereocenters. The smallest absolute Gasteiger partial charge is 0.166 e. The van der Waals surface area contributed by atoms with Gasteiger partial charge in [-0.15, -0.1) is 0 Å². The zero-order chi connectivity index (χ0) is 11.5. The fourth-order valence-corrected chi connectivity index (χ4v) is 1.86. The molecule has 0 aliphatic heterocycles. The van der Waals surface area contributed by atoms with E-state index in [1.165, 1.54) is 6.92 Å². The molecule has 1 aromatic rings. The van der Waals surface area contributed by atoms with E-state index in [2.05, 4.69) is 0 Å². The lowest BCUT2D eigenvalue weighted by atomic mass is 10.3. The van der Waals surface area contributed by atoms with Crippen LogP contribution in [0.15, 0.2) is 45.7 Å². The number of alkyl halides is 3. The summed E-state index contributed by atoms with van der Waals surface area (Å²) < 4.78 is 37.0. The van der Waals surface area contributed by atoms with Crippen LogP contribution in [0.2, 0.25) is 0 Å². The van der Waals surface area contributed by atoms with Gasteiger partial charge < -0.3 is 0 Å². The van der Waals surface area contributed by atoms with Crippen molar-refractivity contribution in [1.82, 2.24) is 0 Å². The van der Waals surface area contributed by atoms with Crippen molar-refractivity contribution in [2.75, 3.05) is 0 Å². The lowest BCUT2D eigenvalue weighted by Crippen LogP contribution is -2.10. The topological polar surface area (TPSA) is 0 Å². The molecule has 15 heavy (non-hydrogen) atoms. The molecule has 0 spiro atoms. The summed E-state index contributed by atoms with van der Waals surface area (Å²) in [6.45, 7) is 2.59. The van der Waals surface area contributed by atoms with Crippen molar-refractivity contribution < 1.29 is 13.2 Å². The van der Waals surface area contributed by atoms with Crippen LogP contribution in [-0.2, 0) is 0 Å². The Balaban J connectivity index is 2.84. The zero-order valence-corrected chi connectivity index (χ0v) is 9.25. The number of benzene rings is 1. The van der Waals surface area contributed by atoms with E-state index in [1.54, 1.807) is 24.3 Å². The highest BCUT2D eigenvalue weighted by atomic mass is 32.2. The number of halogens is 3. The predicted octanol–water partition coefficient (Wildman–Crippen LogP) is 4.63. The molecule has 4 heteroatoms. The predicted molar refractivity (Wildman–Crippen MR) is 56.7 cm³/mol. The van der Waals surface area contributed by atoms with Gasteiger partial charge in [0.15, 0.2) is 0 Å². The van der Waals surface area contributed by atoms with E-state index in [1.807, 2.05) is 6.07 Å². The lowest BCUT2D eigenvalue weighted by molar-refractivity contribution is -0.0916. The summed E-state index contributed by atoms with van der Waals surface area (Å²) in [7, 11) is 0. The van der Waals surface area contributed by atoms with Gasteiger partial charge in [-0.3, -0.25) is 0 Å². The minimum absolute atomic E-state index is 0.286. The van der Waals surface area contributed by atoms with Crippen LogP contribution in [0, 0.1) is 0 Å². The molecule has 0 nitrogen and oxygen atoms in total.